The van der Waals surface area contributed by atoms with E-state index in [9.17, 15) is 0 Å². The number of nitrogens with one attached hydrogen (secondary N) is 1. The summed E-state index contributed by atoms with van der Waals surface area (Å²) in [6.07, 6.45) is 2.63. The van der Waals surface area contributed by atoms with Crippen molar-refractivity contribution in [2.45, 2.75) is 19.9 Å². The van der Waals surface area contributed by atoms with Gasteiger partial charge >= 0.3 is 0 Å². The largest absolute Gasteiger partial charge is 0.495 e. The third-order valence-electron chi connectivity index (χ3n) is 3.08. The van der Waals surface area contributed by atoms with Gasteiger partial charge in [0.1, 0.15) is 5.75 Å². The van der Waals surface area contributed by atoms with Crippen molar-refractivity contribution in [2.75, 3.05) is 19.0 Å². The molecule has 0 amide bonds. The lowest BCUT2D eigenvalue weighted by Crippen LogP contribution is -2.23. The van der Waals surface area contributed by atoms with Crippen LogP contribution in [-0.2, 0) is 6.54 Å². The summed E-state index contributed by atoms with van der Waals surface area (Å²) in [5.41, 5.74) is 7.61. The summed E-state index contributed by atoms with van der Waals surface area (Å²) >= 11 is 0. The molecule has 0 bridgehead atoms. The Morgan fingerprint density at radius 1 is 1.25 bits per heavy atom. The zero-order valence-corrected chi connectivity index (χ0v) is 16.2. The molecule has 0 saturated carbocycles. The van der Waals surface area contributed by atoms with Crippen molar-refractivity contribution in [1.29, 1.82) is 0 Å². The molecule has 0 aliphatic rings. The number of anilines is 1. The molecule has 0 radical (unpaired) electrons. The Kier molecular flexibility index (Phi) is 8.92. The maximum atomic E-state index is 5.95. The Morgan fingerprint density at radius 3 is 2.79 bits per heavy atom. The van der Waals surface area contributed by atoms with Crippen LogP contribution < -0.4 is 20.5 Å². The predicted molar refractivity (Wildman–Crippen MR) is 107 cm³/mol. The predicted octanol–water partition coefficient (Wildman–Crippen LogP) is 3.42. The van der Waals surface area contributed by atoms with E-state index in [0.717, 1.165) is 17.7 Å². The van der Waals surface area contributed by atoms with Crippen LogP contribution in [0.4, 0.5) is 5.69 Å². The van der Waals surface area contributed by atoms with Gasteiger partial charge in [0.05, 0.1) is 25.9 Å². The molecular formula is C17H23IN4O2. The molecule has 2 aromatic rings. The summed E-state index contributed by atoms with van der Waals surface area (Å²) in [7, 11) is 1.61. The molecule has 0 saturated heterocycles. The van der Waals surface area contributed by atoms with Crippen LogP contribution in [0.2, 0.25) is 0 Å². The number of benzene rings is 1. The Balaban J connectivity index is 0.00000288. The van der Waals surface area contributed by atoms with Crippen LogP contribution in [0.15, 0.2) is 47.6 Å². The van der Waals surface area contributed by atoms with Crippen LogP contribution >= 0.6 is 24.0 Å². The van der Waals surface area contributed by atoms with Gasteiger partial charge in [-0.3, -0.25) is 0 Å². The highest BCUT2D eigenvalue weighted by Gasteiger charge is 2.05. The molecule has 0 spiro atoms. The lowest BCUT2D eigenvalue weighted by molar-refractivity contribution is 0.302. The van der Waals surface area contributed by atoms with Gasteiger partial charge in [-0.25, -0.2) is 9.98 Å². The highest BCUT2D eigenvalue weighted by Crippen LogP contribution is 2.22. The molecule has 0 aliphatic carbocycles. The maximum Gasteiger partial charge on any atom is 0.218 e. The number of hydrogen-bond donors (Lipinski definition) is 2. The van der Waals surface area contributed by atoms with Gasteiger partial charge < -0.3 is 20.5 Å². The smallest absolute Gasteiger partial charge is 0.218 e. The van der Waals surface area contributed by atoms with Crippen molar-refractivity contribution in [3.05, 3.63) is 48.2 Å². The van der Waals surface area contributed by atoms with Crippen molar-refractivity contribution in [2.24, 2.45) is 10.7 Å². The van der Waals surface area contributed by atoms with E-state index in [-0.39, 0.29) is 24.0 Å². The monoisotopic (exact) mass is 442 g/mol. The summed E-state index contributed by atoms with van der Waals surface area (Å²) in [5, 5.41) is 3.04. The minimum absolute atomic E-state index is 0. The molecule has 0 fully saturated rings. The molecule has 0 unspecified atom stereocenters. The fraction of sp³-hybridized carbons (Fsp3) is 0.294. The summed E-state index contributed by atoms with van der Waals surface area (Å²) < 4.78 is 10.9. The zero-order valence-electron chi connectivity index (χ0n) is 13.9. The average Bonchev–Trinajstić information content (AvgIpc) is 2.59. The fourth-order valence-electron chi connectivity index (χ4n) is 1.97. The summed E-state index contributed by atoms with van der Waals surface area (Å²) in [5.74, 6) is 1.61. The number of para-hydroxylation sites is 2. The lowest BCUT2D eigenvalue weighted by atomic mass is 10.3. The van der Waals surface area contributed by atoms with Gasteiger partial charge in [-0.15, -0.1) is 24.0 Å². The number of hydrogen-bond acceptors (Lipinski definition) is 4. The summed E-state index contributed by atoms with van der Waals surface area (Å²) in [6, 6.07) is 11.3. The normalized spacial score (nSPS) is 10.7. The second kappa shape index (κ2) is 10.7. The van der Waals surface area contributed by atoms with Crippen molar-refractivity contribution in [3.63, 3.8) is 0 Å². The van der Waals surface area contributed by atoms with Crippen LogP contribution in [0.3, 0.4) is 0 Å². The van der Waals surface area contributed by atoms with Crippen molar-refractivity contribution in [3.8, 4) is 11.6 Å². The number of pyridine rings is 1. The topological polar surface area (TPSA) is 81.8 Å². The van der Waals surface area contributed by atoms with E-state index in [1.165, 1.54) is 0 Å². The van der Waals surface area contributed by atoms with Gasteiger partial charge in [0, 0.05) is 11.8 Å². The number of nitrogens with two attached hydrogens (primary N) is 1. The molecule has 7 heteroatoms. The third kappa shape index (κ3) is 5.88. The summed E-state index contributed by atoms with van der Waals surface area (Å²) in [4.78, 5) is 8.57. The Morgan fingerprint density at radius 2 is 2.04 bits per heavy atom. The van der Waals surface area contributed by atoms with Gasteiger partial charge in [0.25, 0.3) is 0 Å². The van der Waals surface area contributed by atoms with Crippen LogP contribution in [0, 0.1) is 0 Å². The number of ether oxygens (including phenoxy) is 2. The number of methoxy groups -OCH3 is 1. The van der Waals surface area contributed by atoms with E-state index in [1.807, 2.05) is 36.4 Å². The second-order valence-electron chi connectivity index (χ2n) is 4.84. The number of aromatic nitrogens is 1. The molecule has 3 N–H and O–H groups in total. The van der Waals surface area contributed by atoms with Gasteiger partial charge in [0.15, 0.2) is 5.96 Å². The Hall–Kier alpha value is -2.03. The van der Waals surface area contributed by atoms with Crippen LogP contribution in [0.1, 0.15) is 18.9 Å². The molecule has 6 nitrogen and oxygen atoms in total. The van der Waals surface area contributed by atoms with Crippen molar-refractivity contribution >= 4 is 35.6 Å². The first kappa shape index (κ1) is 20.0. The Labute approximate surface area is 159 Å². The quantitative estimate of drug-likeness (QED) is 0.390. The highest BCUT2D eigenvalue weighted by atomic mass is 127. The first-order valence-corrected chi connectivity index (χ1v) is 7.51. The highest BCUT2D eigenvalue weighted by molar-refractivity contribution is 14.0. The molecule has 1 heterocycles. The van der Waals surface area contributed by atoms with Crippen LogP contribution in [-0.4, -0.2) is 24.7 Å². The Bertz CT molecular complexity index is 665. The van der Waals surface area contributed by atoms with Gasteiger partial charge in [-0.2, -0.15) is 0 Å². The SMILES string of the molecule is CCCOc1ncccc1CN=C(N)Nc1ccccc1OC.I. The minimum atomic E-state index is 0. The van der Waals surface area contributed by atoms with E-state index in [2.05, 4.69) is 22.2 Å². The number of rotatable bonds is 7. The van der Waals surface area contributed by atoms with E-state index >= 15 is 0 Å². The number of nitrogens with zero attached hydrogens (tertiary/aromatic N) is 2. The number of halogens is 1. The van der Waals surface area contributed by atoms with Gasteiger partial charge in [0.2, 0.25) is 5.88 Å². The number of aliphatic imine (C=N–C) groups is 1. The molecule has 130 valence electrons. The first-order valence-electron chi connectivity index (χ1n) is 7.51. The molecule has 2 rings (SSSR count). The molecular weight excluding hydrogens is 419 g/mol. The molecule has 0 atom stereocenters. The summed E-state index contributed by atoms with van der Waals surface area (Å²) in [6.45, 7) is 3.07. The molecule has 1 aromatic carbocycles. The molecule has 24 heavy (non-hydrogen) atoms. The van der Waals surface area contributed by atoms with Crippen LogP contribution in [0.5, 0.6) is 11.6 Å². The van der Waals surface area contributed by atoms with E-state index in [1.54, 1.807) is 13.3 Å². The third-order valence-corrected chi connectivity index (χ3v) is 3.08. The van der Waals surface area contributed by atoms with Crippen LogP contribution in [0.25, 0.3) is 0 Å². The van der Waals surface area contributed by atoms with E-state index in [0.29, 0.717) is 30.7 Å². The first-order chi connectivity index (χ1) is 11.2. The van der Waals surface area contributed by atoms with Crippen molar-refractivity contribution in [1.82, 2.24) is 4.98 Å². The average molecular weight is 442 g/mol. The molecule has 0 aliphatic heterocycles. The zero-order chi connectivity index (χ0) is 16.5. The van der Waals surface area contributed by atoms with E-state index < -0.39 is 0 Å². The second-order valence-corrected chi connectivity index (χ2v) is 4.84. The number of guanidine groups is 1. The van der Waals surface area contributed by atoms with E-state index in [4.69, 9.17) is 15.2 Å². The van der Waals surface area contributed by atoms with Gasteiger partial charge in [-0.1, -0.05) is 25.1 Å². The molecule has 1 aromatic heterocycles. The van der Waals surface area contributed by atoms with Gasteiger partial charge in [-0.05, 0) is 24.6 Å². The maximum absolute atomic E-state index is 5.95. The minimum Gasteiger partial charge on any atom is -0.495 e. The lowest BCUT2D eigenvalue weighted by Gasteiger charge is -2.11. The fourth-order valence-corrected chi connectivity index (χ4v) is 1.97. The standard InChI is InChI=1S/C17H22N4O2.HI/c1-3-11-23-16-13(7-6-10-19-16)12-20-17(18)21-14-8-4-5-9-15(14)22-2;/h4-10H,3,11-12H2,1-2H3,(H3,18,20,21);1H. The van der Waals surface area contributed by atoms with Crippen molar-refractivity contribution < 1.29 is 9.47 Å².